The van der Waals surface area contributed by atoms with Gasteiger partial charge in [0.05, 0.1) is 24.4 Å². The van der Waals surface area contributed by atoms with E-state index in [4.69, 9.17) is 9.47 Å². The van der Waals surface area contributed by atoms with Crippen molar-refractivity contribution in [1.82, 2.24) is 15.2 Å². The smallest absolute Gasteiger partial charge is 0.264 e. The van der Waals surface area contributed by atoms with Crippen LogP contribution in [0.25, 0.3) is 10.9 Å². The lowest BCUT2D eigenvalue weighted by atomic mass is 10.0. The maximum Gasteiger partial charge on any atom is 0.264 e. The van der Waals surface area contributed by atoms with Crippen molar-refractivity contribution in [3.8, 4) is 11.5 Å². The van der Waals surface area contributed by atoms with Crippen LogP contribution in [0.15, 0.2) is 48.7 Å². The molecule has 1 fully saturated rings. The molecule has 0 saturated carbocycles. The number of aromatic nitrogens is 1. The van der Waals surface area contributed by atoms with Crippen molar-refractivity contribution in [3.63, 3.8) is 0 Å². The Balaban J connectivity index is 1.15. The second kappa shape index (κ2) is 10.2. The fourth-order valence-electron chi connectivity index (χ4n) is 4.92. The minimum Gasteiger partial charge on any atom is -0.497 e. The van der Waals surface area contributed by atoms with Crippen LogP contribution in [0.2, 0.25) is 0 Å². The molecule has 184 valence electrons. The molecule has 8 heteroatoms. The molecular formula is C27H32N4O4. The van der Waals surface area contributed by atoms with Gasteiger partial charge in [-0.1, -0.05) is 6.07 Å². The number of fused-ring (bicyclic) bond motifs is 2. The zero-order valence-electron chi connectivity index (χ0n) is 20.2. The molecule has 5 rings (SSSR count). The third kappa shape index (κ3) is 5.10. The van der Waals surface area contributed by atoms with E-state index in [-0.39, 0.29) is 12.5 Å². The number of anilines is 1. The van der Waals surface area contributed by atoms with Gasteiger partial charge in [-0.3, -0.25) is 9.78 Å². The molecule has 2 N–H and O–H groups in total. The molecule has 1 amide bonds. The van der Waals surface area contributed by atoms with Crippen LogP contribution < -0.4 is 19.7 Å². The summed E-state index contributed by atoms with van der Waals surface area (Å²) < 4.78 is 10.9. The molecule has 35 heavy (non-hydrogen) atoms. The fourth-order valence-corrected chi connectivity index (χ4v) is 4.92. The van der Waals surface area contributed by atoms with Crippen molar-refractivity contribution in [2.75, 3.05) is 45.3 Å². The van der Waals surface area contributed by atoms with Crippen molar-refractivity contribution < 1.29 is 19.4 Å². The van der Waals surface area contributed by atoms with E-state index in [1.54, 1.807) is 25.3 Å². The number of methoxy groups -OCH3 is 1. The summed E-state index contributed by atoms with van der Waals surface area (Å²) in [7, 11) is 3.43. The number of piperidine rings is 1. The number of carbonyl (C=O) groups is 1. The van der Waals surface area contributed by atoms with Crippen LogP contribution in [0.4, 0.5) is 5.69 Å². The summed E-state index contributed by atoms with van der Waals surface area (Å²) in [5.41, 5.74) is 3.70. The maximum absolute atomic E-state index is 11.9. The minimum atomic E-state index is -0.588. The number of pyridine rings is 1. The molecule has 3 heterocycles. The number of aliphatic hydroxyl groups excluding tert-OH is 1. The van der Waals surface area contributed by atoms with Gasteiger partial charge >= 0.3 is 0 Å². The Kier molecular flexibility index (Phi) is 6.86. The van der Waals surface area contributed by atoms with Gasteiger partial charge < -0.3 is 29.7 Å². The fraction of sp³-hybridized carbons (Fsp3) is 0.407. The van der Waals surface area contributed by atoms with Gasteiger partial charge in [0.25, 0.3) is 5.91 Å². The molecule has 1 atom stereocenters. The van der Waals surface area contributed by atoms with Crippen LogP contribution in [0, 0.1) is 0 Å². The molecule has 2 aliphatic rings. The molecule has 3 aromatic rings. The lowest BCUT2D eigenvalue weighted by Gasteiger charge is -2.34. The third-order valence-electron chi connectivity index (χ3n) is 7.06. The SMILES string of the molecule is COc1ccc2nccc([C@@H](O)CN3CCC(NCc4ccc5c(c4)N(C)C(=O)CO5)CC3)c2c1. The lowest BCUT2D eigenvalue weighted by molar-refractivity contribution is -0.120. The third-order valence-corrected chi connectivity index (χ3v) is 7.06. The minimum absolute atomic E-state index is 0.0314. The number of β-amino-alcohol motifs (C(OH)–C–C–N with tert-alkyl or cyclic N) is 1. The van der Waals surface area contributed by atoms with Gasteiger partial charge in [0, 0.05) is 37.8 Å². The van der Waals surface area contributed by atoms with Gasteiger partial charge in [-0.15, -0.1) is 0 Å². The first-order valence-corrected chi connectivity index (χ1v) is 12.1. The van der Waals surface area contributed by atoms with Crippen molar-refractivity contribution in [3.05, 3.63) is 59.8 Å². The van der Waals surface area contributed by atoms with E-state index in [1.165, 1.54) is 0 Å². The van der Waals surface area contributed by atoms with Gasteiger partial charge in [0.15, 0.2) is 6.61 Å². The molecule has 0 unspecified atom stereocenters. The van der Waals surface area contributed by atoms with Crippen molar-refractivity contribution in [2.24, 2.45) is 0 Å². The number of hydrogen-bond donors (Lipinski definition) is 2. The van der Waals surface area contributed by atoms with Gasteiger partial charge in [0.1, 0.15) is 11.5 Å². The number of benzene rings is 2. The average molecular weight is 477 g/mol. The Labute approximate surface area is 205 Å². The van der Waals surface area contributed by atoms with Crippen LogP contribution in [-0.2, 0) is 11.3 Å². The number of hydrogen-bond acceptors (Lipinski definition) is 7. The maximum atomic E-state index is 11.9. The quantitative estimate of drug-likeness (QED) is 0.542. The highest BCUT2D eigenvalue weighted by Gasteiger charge is 2.24. The van der Waals surface area contributed by atoms with Crippen molar-refractivity contribution >= 4 is 22.5 Å². The van der Waals surface area contributed by atoms with Crippen LogP contribution in [0.3, 0.4) is 0 Å². The summed E-state index contributed by atoms with van der Waals surface area (Å²) in [5, 5.41) is 15.6. The molecule has 1 saturated heterocycles. The van der Waals surface area contributed by atoms with Crippen molar-refractivity contribution in [2.45, 2.75) is 31.5 Å². The summed E-state index contributed by atoms with van der Waals surface area (Å²) in [5.74, 6) is 1.48. The van der Waals surface area contributed by atoms with E-state index in [1.807, 2.05) is 36.4 Å². The van der Waals surface area contributed by atoms with Crippen LogP contribution in [-0.4, -0.2) is 67.3 Å². The number of aliphatic hydroxyl groups is 1. The first-order chi connectivity index (χ1) is 17.0. The van der Waals surface area contributed by atoms with Crippen LogP contribution >= 0.6 is 0 Å². The number of rotatable bonds is 7. The number of nitrogens with zero attached hydrogens (tertiary/aromatic N) is 3. The summed E-state index contributed by atoms with van der Waals surface area (Å²) in [6.45, 7) is 3.29. The average Bonchev–Trinajstić information content (AvgIpc) is 2.89. The highest BCUT2D eigenvalue weighted by Crippen LogP contribution is 2.32. The molecule has 0 bridgehead atoms. The molecule has 8 nitrogen and oxygen atoms in total. The van der Waals surface area contributed by atoms with Gasteiger partial charge in [0.2, 0.25) is 0 Å². The summed E-state index contributed by atoms with van der Waals surface area (Å²) in [4.78, 5) is 20.3. The molecule has 0 radical (unpaired) electrons. The largest absolute Gasteiger partial charge is 0.497 e. The van der Waals surface area contributed by atoms with Gasteiger partial charge in [-0.05, 0) is 73.5 Å². The zero-order chi connectivity index (χ0) is 24.4. The highest BCUT2D eigenvalue weighted by molar-refractivity contribution is 5.97. The Morgan fingerprint density at radius 2 is 2.03 bits per heavy atom. The predicted molar refractivity (Wildman–Crippen MR) is 135 cm³/mol. The highest BCUT2D eigenvalue weighted by atomic mass is 16.5. The number of carbonyl (C=O) groups excluding carboxylic acids is 1. The van der Waals surface area contributed by atoms with Crippen LogP contribution in [0.5, 0.6) is 11.5 Å². The monoisotopic (exact) mass is 476 g/mol. The lowest BCUT2D eigenvalue weighted by Crippen LogP contribution is -2.43. The first-order valence-electron chi connectivity index (χ1n) is 12.1. The van der Waals surface area contributed by atoms with Crippen LogP contribution in [0.1, 0.15) is 30.1 Å². The number of amides is 1. The number of likely N-dealkylation sites (N-methyl/N-ethyl adjacent to an activating group) is 1. The summed E-state index contributed by atoms with van der Waals surface area (Å²) in [6.07, 6.45) is 3.20. The Hall–Kier alpha value is -3.20. The Bertz CT molecular complexity index is 1210. The Morgan fingerprint density at radius 3 is 2.83 bits per heavy atom. The second-order valence-electron chi connectivity index (χ2n) is 9.30. The molecule has 2 aliphatic heterocycles. The molecule has 1 aromatic heterocycles. The van der Waals surface area contributed by atoms with E-state index in [2.05, 4.69) is 21.3 Å². The van der Waals surface area contributed by atoms with Crippen molar-refractivity contribution in [1.29, 1.82) is 0 Å². The topological polar surface area (TPSA) is 87.2 Å². The van der Waals surface area contributed by atoms with E-state index in [0.29, 0.717) is 12.6 Å². The van der Waals surface area contributed by atoms with Gasteiger partial charge in [-0.25, -0.2) is 0 Å². The number of nitrogens with one attached hydrogen (secondary N) is 1. The predicted octanol–water partition coefficient (Wildman–Crippen LogP) is 2.89. The first kappa shape index (κ1) is 23.5. The van der Waals surface area contributed by atoms with E-state index < -0.39 is 6.10 Å². The zero-order valence-corrected chi connectivity index (χ0v) is 20.2. The molecule has 0 aliphatic carbocycles. The molecule has 0 spiro atoms. The number of ether oxygens (including phenoxy) is 2. The standard InChI is InChI=1S/C27H32N4O4/c1-30-24-13-18(3-6-26(24)35-17-27(30)33)15-29-19-8-11-31(12-9-19)16-25(32)21-7-10-28-23-5-4-20(34-2)14-22(21)23/h3-7,10,13-14,19,25,29,32H,8-9,11-12,15-17H2,1-2H3/t25-/m0/s1. The molecule has 2 aromatic carbocycles. The number of likely N-dealkylation sites (tertiary alicyclic amines) is 1. The molecular weight excluding hydrogens is 444 g/mol. The normalized spacial score (nSPS) is 17.8. The van der Waals surface area contributed by atoms with E-state index >= 15 is 0 Å². The second-order valence-corrected chi connectivity index (χ2v) is 9.30. The summed E-state index contributed by atoms with van der Waals surface area (Å²) in [6, 6.07) is 14.1. The van der Waals surface area contributed by atoms with E-state index in [0.717, 1.165) is 71.7 Å². The van der Waals surface area contributed by atoms with Gasteiger partial charge in [-0.2, -0.15) is 0 Å². The Morgan fingerprint density at radius 1 is 1.20 bits per heavy atom. The summed E-state index contributed by atoms with van der Waals surface area (Å²) >= 11 is 0. The van der Waals surface area contributed by atoms with E-state index in [9.17, 15) is 9.90 Å².